The number of hydrogen-bond acceptors (Lipinski definition) is 9. The smallest absolute Gasteiger partial charge is 0.113 e. The SMILES string of the molecule is OC[C@H]1C[C@H](c2cccc(-c3ccc([C@H]4O[C@H](CO)[C@@H](O)[C@H](O)[C@@H]4O)cc3)c2)[C@@H](O)[C@@H](O)[C@@H]1O. The largest absolute Gasteiger partial charge is 0.396 e. The predicted octanol–water partition coefficient (Wildman–Crippen LogP) is -0.953. The summed E-state index contributed by atoms with van der Waals surface area (Å²) < 4.78 is 5.61. The third kappa shape index (κ3) is 4.64. The van der Waals surface area contributed by atoms with Gasteiger partial charge in [0.1, 0.15) is 36.6 Å². The van der Waals surface area contributed by atoms with Gasteiger partial charge in [0, 0.05) is 18.4 Å². The van der Waals surface area contributed by atoms with Crippen molar-refractivity contribution in [2.24, 2.45) is 5.92 Å². The Morgan fingerprint density at radius 3 is 1.97 bits per heavy atom. The minimum Gasteiger partial charge on any atom is -0.396 e. The standard InChI is InChI=1S/C25H32O9/c26-10-16-9-17(20(29)22(31)19(16)28)15-3-1-2-14(8-15)12-4-6-13(7-5-12)25-24(33)23(32)21(30)18(11-27)34-25/h1-8,16-33H,9-11H2/t16-,17-,18-,19-,20-,21-,22+,23+,24+,25-/m1/s1. The fraction of sp³-hybridized carbons (Fsp3) is 0.520. The van der Waals surface area contributed by atoms with Crippen LogP contribution in [0, 0.1) is 5.92 Å². The first kappa shape index (κ1) is 25.2. The molecule has 0 bridgehead atoms. The molecule has 0 radical (unpaired) electrons. The molecule has 2 aromatic rings. The first-order valence-corrected chi connectivity index (χ1v) is 11.4. The Labute approximate surface area is 197 Å². The summed E-state index contributed by atoms with van der Waals surface area (Å²) in [7, 11) is 0. The summed E-state index contributed by atoms with van der Waals surface area (Å²) in [6.45, 7) is -0.789. The second kappa shape index (κ2) is 10.4. The molecule has 2 fully saturated rings. The van der Waals surface area contributed by atoms with E-state index in [0.29, 0.717) is 12.0 Å². The van der Waals surface area contributed by atoms with Crippen LogP contribution < -0.4 is 0 Å². The number of benzene rings is 2. The maximum absolute atomic E-state index is 10.5. The number of aliphatic hydroxyl groups is 8. The summed E-state index contributed by atoms with van der Waals surface area (Å²) in [6.07, 6.45) is -9.51. The Morgan fingerprint density at radius 1 is 0.647 bits per heavy atom. The summed E-state index contributed by atoms with van der Waals surface area (Å²) in [4.78, 5) is 0. The van der Waals surface area contributed by atoms with Crippen LogP contribution in [0.3, 0.4) is 0 Å². The molecule has 34 heavy (non-hydrogen) atoms. The molecule has 0 spiro atoms. The highest BCUT2D eigenvalue weighted by atomic mass is 16.5. The van der Waals surface area contributed by atoms with Crippen LogP contribution in [0.25, 0.3) is 11.1 Å². The van der Waals surface area contributed by atoms with Crippen LogP contribution >= 0.6 is 0 Å². The van der Waals surface area contributed by atoms with E-state index in [1.54, 1.807) is 12.1 Å². The predicted molar refractivity (Wildman–Crippen MR) is 121 cm³/mol. The Balaban J connectivity index is 1.56. The topological polar surface area (TPSA) is 171 Å². The molecule has 186 valence electrons. The van der Waals surface area contributed by atoms with Crippen LogP contribution in [0.5, 0.6) is 0 Å². The van der Waals surface area contributed by atoms with E-state index in [1.165, 1.54) is 0 Å². The molecule has 9 nitrogen and oxygen atoms in total. The highest BCUT2D eigenvalue weighted by molar-refractivity contribution is 5.65. The molecular weight excluding hydrogens is 444 g/mol. The molecule has 0 aromatic heterocycles. The fourth-order valence-electron chi connectivity index (χ4n) is 5.03. The van der Waals surface area contributed by atoms with Crippen LogP contribution in [0.15, 0.2) is 48.5 Å². The third-order valence-electron chi connectivity index (χ3n) is 7.17. The van der Waals surface area contributed by atoms with Gasteiger partial charge in [-0.25, -0.2) is 0 Å². The molecule has 10 atom stereocenters. The zero-order valence-corrected chi connectivity index (χ0v) is 18.5. The first-order chi connectivity index (χ1) is 16.3. The quantitative estimate of drug-likeness (QED) is 0.271. The van der Waals surface area contributed by atoms with Gasteiger partial charge in [0.2, 0.25) is 0 Å². The molecule has 0 unspecified atom stereocenters. The molecule has 1 saturated heterocycles. The van der Waals surface area contributed by atoms with Crippen molar-refractivity contribution in [3.05, 3.63) is 59.7 Å². The lowest BCUT2D eigenvalue weighted by atomic mass is 9.73. The zero-order chi connectivity index (χ0) is 24.6. The average molecular weight is 477 g/mol. The van der Waals surface area contributed by atoms with E-state index in [-0.39, 0.29) is 6.61 Å². The lowest BCUT2D eigenvalue weighted by Crippen LogP contribution is -2.55. The minimum atomic E-state index is -1.45. The van der Waals surface area contributed by atoms with Crippen LogP contribution in [-0.2, 0) is 4.74 Å². The van der Waals surface area contributed by atoms with Gasteiger partial charge in [-0.3, -0.25) is 0 Å². The van der Waals surface area contributed by atoms with Crippen molar-refractivity contribution in [3.8, 4) is 11.1 Å². The van der Waals surface area contributed by atoms with Gasteiger partial charge in [-0.05, 0) is 28.7 Å². The molecule has 1 heterocycles. The van der Waals surface area contributed by atoms with Crippen molar-refractivity contribution in [1.29, 1.82) is 0 Å². The average Bonchev–Trinajstić information content (AvgIpc) is 2.86. The number of rotatable bonds is 5. The van der Waals surface area contributed by atoms with E-state index >= 15 is 0 Å². The lowest BCUT2D eigenvalue weighted by Gasteiger charge is -2.40. The summed E-state index contributed by atoms with van der Waals surface area (Å²) in [6, 6.07) is 14.5. The summed E-state index contributed by atoms with van der Waals surface area (Å²) in [5.41, 5.74) is 3.01. The molecule has 2 aliphatic rings. The molecule has 1 aliphatic heterocycles. The summed E-state index contributed by atoms with van der Waals surface area (Å²) >= 11 is 0. The molecule has 2 aromatic carbocycles. The van der Waals surface area contributed by atoms with Crippen molar-refractivity contribution in [2.75, 3.05) is 13.2 Å². The zero-order valence-electron chi connectivity index (χ0n) is 18.5. The highest BCUT2D eigenvalue weighted by Crippen LogP contribution is 2.38. The second-order valence-electron chi connectivity index (χ2n) is 9.25. The van der Waals surface area contributed by atoms with Crippen LogP contribution in [0.2, 0.25) is 0 Å². The van der Waals surface area contributed by atoms with E-state index < -0.39 is 67.3 Å². The molecule has 8 N–H and O–H groups in total. The number of ether oxygens (including phenoxy) is 1. The number of aliphatic hydroxyl groups excluding tert-OH is 8. The maximum atomic E-state index is 10.5. The van der Waals surface area contributed by atoms with Crippen molar-refractivity contribution in [1.82, 2.24) is 0 Å². The Morgan fingerprint density at radius 2 is 1.32 bits per heavy atom. The summed E-state index contributed by atoms with van der Waals surface area (Å²) in [5, 5.41) is 80.2. The van der Waals surface area contributed by atoms with E-state index in [4.69, 9.17) is 4.74 Å². The normalized spacial score (nSPS) is 38.6. The van der Waals surface area contributed by atoms with Gasteiger partial charge in [0.15, 0.2) is 0 Å². The Hall–Kier alpha value is -1.92. The fourth-order valence-corrected chi connectivity index (χ4v) is 5.03. The van der Waals surface area contributed by atoms with Gasteiger partial charge < -0.3 is 45.6 Å². The van der Waals surface area contributed by atoms with Crippen LogP contribution in [0.1, 0.15) is 29.6 Å². The van der Waals surface area contributed by atoms with Gasteiger partial charge in [-0.2, -0.15) is 0 Å². The molecule has 1 aliphatic carbocycles. The van der Waals surface area contributed by atoms with E-state index in [9.17, 15) is 40.9 Å². The molecule has 1 saturated carbocycles. The molecular formula is C25H32O9. The van der Waals surface area contributed by atoms with E-state index in [1.807, 2.05) is 36.4 Å². The van der Waals surface area contributed by atoms with Crippen molar-refractivity contribution < 1.29 is 45.6 Å². The van der Waals surface area contributed by atoms with Crippen LogP contribution in [0.4, 0.5) is 0 Å². The maximum Gasteiger partial charge on any atom is 0.113 e. The second-order valence-corrected chi connectivity index (χ2v) is 9.25. The van der Waals surface area contributed by atoms with Gasteiger partial charge in [0.05, 0.1) is 18.8 Å². The summed E-state index contributed by atoms with van der Waals surface area (Å²) in [5.74, 6) is -0.992. The van der Waals surface area contributed by atoms with E-state index in [2.05, 4.69) is 0 Å². The Kier molecular flexibility index (Phi) is 7.68. The molecule has 9 heteroatoms. The number of hydrogen-bond donors (Lipinski definition) is 8. The van der Waals surface area contributed by atoms with Crippen molar-refractivity contribution >= 4 is 0 Å². The third-order valence-corrected chi connectivity index (χ3v) is 7.17. The Bertz CT molecular complexity index is 948. The molecule has 4 rings (SSSR count). The van der Waals surface area contributed by atoms with Crippen LogP contribution in [-0.4, -0.2) is 96.8 Å². The van der Waals surface area contributed by atoms with Gasteiger partial charge >= 0.3 is 0 Å². The van der Waals surface area contributed by atoms with Crippen molar-refractivity contribution in [3.63, 3.8) is 0 Å². The monoisotopic (exact) mass is 476 g/mol. The van der Waals surface area contributed by atoms with Gasteiger partial charge in [-0.1, -0.05) is 48.5 Å². The minimum absolute atomic E-state index is 0.291. The van der Waals surface area contributed by atoms with Gasteiger partial charge in [0.25, 0.3) is 0 Å². The van der Waals surface area contributed by atoms with E-state index in [0.717, 1.165) is 16.7 Å². The molecule has 0 amide bonds. The van der Waals surface area contributed by atoms with Gasteiger partial charge in [-0.15, -0.1) is 0 Å². The first-order valence-electron chi connectivity index (χ1n) is 11.4. The highest BCUT2D eigenvalue weighted by Gasteiger charge is 2.44. The lowest BCUT2D eigenvalue weighted by molar-refractivity contribution is -0.231. The van der Waals surface area contributed by atoms with Crippen molar-refractivity contribution in [2.45, 2.75) is 61.2 Å².